The number of aromatic nitrogens is 2. The van der Waals surface area contributed by atoms with Crippen LogP contribution in [0.3, 0.4) is 0 Å². The maximum absolute atomic E-state index is 13.2. The van der Waals surface area contributed by atoms with E-state index in [4.69, 9.17) is 11.6 Å². The van der Waals surface area contributed by atoms with Crippen LogP contribution in [0.25, 0.3) is 21.9 Å². The normalized spacial score (nSPS) is 10.6. The minimum absolute atomic E-state index is 0.0620. The largest absolute Gasteiger partial charge is 0.282 e. The van der Waals surface area contributed by atoms with Crippen molar-refractivity contribution in [3.63, 3.8) is 0 Å². The van der Waals surface area contributed by atoms with Crippen molar-refractivity contribution >= 4 is 29.2 Å². The first-order valence-corrected chi connectivity index (χ1v) is 10.8. The summed E-state index contributed by atoms with van der Waals surface area (Å²) >= 11 is 2.98. The zero-order chi connectivity index (χ0) is 19.6. The molecule has 2 aromatic carbocycles. The van der Waals surface area contributed by atoms with Crippen LogP contribution in [0.2, 0.25) is 0 Å². The molecule has 0 saturated heterocycles. The third-order valence-electron chi connectivity index (χ3n) is 4.27. The minimum Gasteiger partial charge on any atom is -0.282 e. The summed E-state index contributed by atoms with van der Waals surface area (Å²) < 4.78 is 1.57. The highest BCUT2D eigenvalue weighted by atomic mass is 32.2. The summed E-state index contributed by atoms with van der Waals surface area (Å²) in [6, 6.07) is 13.9. The van der Waals surface area contributed by atoms with Crippen molar-refractivity contribution in [1.82, 2.24) is 9.55 Å². The Hall–Kier alpha value is -2.49. The number of benzene rings is 2. The molecule has 0 bridgehead atoms. The Kier molecular flexibility index (Phi) is 5.73. The van der Waals surface area contributed by atoms with Gasteiger partial charge in [-0.15, -0.1) is 23.5 Å². The number of hydrogen-bond donors (Lipinski definition) is 0. The Bertz CT molecular complexity index is 1100. The second-order valence-corrected chi connectivity index (χ2v) is 7.74. The van der Waals surface area contributed by atoms with Crippen LogP contribution in [-0.2, 0) is 0 Å². The molecule has 0 radical (unpaired) electrons. The molecule has 0 saturated carbocycles. The molecule has 6 heteroatoms. The van der Waals surface area contributed by atoms with Crippen molar-refractivity contribution in [1.29, 1.82) is 0 Å². The molecule has 3 rings (SSSR count). The first kappa shape index (κ1) is 19.3. The first-order valence-electron chi connectivity index (χ1n) is 8.30. The van der Waals surface area contributed by atoms with Crippen molar-refractivity contribution in [2.45, 2.75) is 23.8 Å². The van der Waals surface area contributed by atoms with E-state index >= 15 is 0 Å². The molecule has 0 aliphatic carbocycles. The van der Waals surface area contributed by atoms with Crippen LogP contribution < -0.4 is 5.56 Å². The van der Waals surface area contributed by atoms with Gasteiger partial charge >= 0.3 is 0 Å². The van der Waals surface area contributed by atoms with Crippen LogP contribution in [0.1, 0.15) is 11.1 Å². The Morgan fingerprint density at radius 2 is 1.74 bits per heavy atom. The number of rotatable bonds is 4. The fourth-order valence-electron chi connectivity index (χ4n) is 2.94. The molecule has 0 aliphatic rings. The first-order chi connectivity index (χ1) is 13.0. The van der Waals surface area contributed by atoms with E-state index in [0.29, 0.717) is 10.9 Å². The number of thioether (sulfide) groups is 2. The van der Waals surface area contributed by atoms with Crippen molar-refractivity contribution in [3.05, 3.63) is 75.4 Å². The van der Waals surface area contributed by atoms with Crippen molar-refractivity contribution in [2.24, 2.45) is 0 Å². The summed E-state index contributed by atoms with van der Waals surface area (Å²) in [7, 11) is 0. The molecule has 0 aliphatic heterocycles. The van der Waals surface area contributed by atoms with Gasteiger partial charge in [0, 0.05) is 10.5 Å². The molecule has 1 heterocycles. The molecule has 4 nitrogen and oxygen atoms in total. The van der Waals surface area contributed by atoms with Crippen LogP contribution in [-0.4, -0.2) is 22.1 Å². The zero-order valence-corrected chi connectivity index (χ0v) is 17.2. The monoisotopic (exact) mass is 393 g/mol. The van der Waals surface area contributed by atoms with Crippen LogP contribution in [0, 0.1) is 20.4 Å². The molecule has 0 unspecified atom stereocenters. The highest BCUT2D eigenvalue weighted by Gasteiger charge is 2.20. The standard InChI is InChI=1S/C21H19N3OS2/c1-13-6-11-17(14(2)12-13)24-19(15-7-9-16(26-4)10-8-15)23-20(27-5)18(22-3)21(24)25/h6-12H,1-2,4-5H3. The molecule has 0 N–H and O–H groups in total. The van der Waals surface area contributed by atoms with E-state index in [1.54, 1.807) is 16.3 Å². The lowest BCUT2D eigenvalue weighted by molar-refractivity contribution is 0.908. The van der Waals surface area contributed by atoms with E-state index in [2.05, 4.69) is 4.85 Å². The Labute approximate surface area is 167 Å². The lowest BCUT2D eigenvalue weighted by atomic mass is 10.1. The molecule has 3 aromatic rings. The van der Waals surface area contributed by atoms with E-state index < -0.39 is 0 Å². The van der Waals surface area contributed by atoms with E-state index in [1.165, 1.54) is 11.8 Å². The fraction of sp³-hybridized carbons (Fsp3) is 0.190. The second-order valence-electron chi connectivity index (χ2n) is 6.06. The Morgan fingerprint density at radius 1 is 1.04 bits per heavy atom. The van der Waals surface area contributed by atoms with Gasteiger partial charge in [0.05, 0.1) is 12.3 Å². The predicted octanol–water partition coefficient (Wildman–Crippen LogP) is 5.51. The van der Waals surface area contributed by atoms with Gasteiger partial charge in [0.1, 0.15) is 10.9 Å². The third kappa shape index (κ3) is 3.66. The van der Waals surface area contributed by atoms with E-state index in [1.807, 2.05) is 68.8 Å². The predicted molar refractivity (Wildman–Crippen MR) is 115 cm³/mol. The van der Waals surface area contributed by atoms with Gasteiger partial charge in [-0.1, -0.05) is 29.8 Å². The van der Waals surface area contributed by atoms with Gasteiger partial charge in [0.2, 0.25) is 0 Å². The molecular weight excluding hydrogens is 374 g/mol. The average Bonchev–Trinajstić information content (AvgIpc) is 2.68. The number of aryl methyl sites for hydroxylation is 2. The highest BCUT2D eigenvalue weighted by molar-refractivity contribution is 7.98. The molecule has 0 amide bonds. The minimum atomic E-state index is -0.333. The molecule has 136 valence electrons. The summed E-state index contributed by atoms with van der Waals surface area (Å²) in [5.74, 6) is 0.552. The maximum Gasteiger partial charge on any atom is 0.282 e. The topological polar surface area (TPSA) is 39.2 Å². The smallest absolute Gasteiger partial charge is 0.282 e. The van der Waals surface area contributed by atoms with Gasteiger partial charge < -0.3 is 0 Å². The molecule has 1 aromatic heterocycles. The zero-order valence-electron chi connectivity index (χ0n) is 15.6. The summed E-state index contributed by atoms with van der Waals surface area (Å²) in [6.07, 6.45) is 3.85. The average molecular weight is 394 g/mol. The summed E-state index contributed by atoms with van der Waals surface area (Å²) in [5.41, 5.74) is 3.41. The Morgan fingerprint density at radius 3 is 2.30 bits per heavy atom. The third-order valence-corrected chi connectivity index (χ3v) is 5.69. The van der Waals surface area contributed by atoms with Crippen LogP contribution in [0.4, 0.5) is 5.69 Å². The van der Waals surface area contributed by atoms with Crippen molar-refractivity contribution in [3.8, 4) is 17.1 Å². The quantitative estimate of drug-likeness (QED) is 0.333. The molecule has 0 spiro atoms. The maximum atomic E-state index is 13.2. The van der Waals surface area contributed by atoms with Crippen molar-refractivity contribution in [2.75, 3.05) is 12.5 Å². The van der Waals surface area contributed by atoms with Gasteiger partial charge in [0.25, 0.3) is 11.2 Å². The van der Waals surface area contributed by atoms with Gasteiger partial charge in [-0.3, -0.25) is 9.36 Å². The van der Waals surface area contributed by atoms with Crippen LogP contribution in [0.15, 0.2) is 57.2 Å². The van der Waals surface area contributed by atoms with Gasteiger partial charge in [0.15, 0.2) is 0 Å². The molecule has 0 atom stereocenters. The van der Waals surface area contributed by atoms with Gasteiger partial charge in [-0.05, 0) is 50.1 Å². The van der Waals surface area contributed by atoms with E-state index in [-0.39, 0.29) is 11.2 Å². The highest BCUT2D eigenvalue weighted by Crippen LogP contribution is 2.30. The summed E-state index contributed by atoms with van der Waals surface area (Å²) in [6.45, 7) is 11.4. The number of nitrogens with zero attached hydrogens (tertiary/aromatic N) is 3. The van der Waals surface area contributed by atoms with E-state index in [9.17, 15) is 4.79 Å². The summed E-state index contributed by atoms with van der Waals surface area (Å²) in [4.78, 5) is 22.5. The Balaban J connectivity index is 2.38. The number of hydrogen-bond acceptors (Lipinski definition) is 4. The molecular formula is C21H19N3OS2. The fourth-order valence-corrected chi connectivity index (χ4v) is 3.86. The second kappa shape index (κ2) is 8.03. The molecule has 0 fully saturated rings. The lowest BCUT2D eigenvalue weighted by Gasteiger charge is -2.17. The lowest BCUT2D eigenvalue weighted by Crippen LogP contribution is -2.22. The van der Waals surface area contributed by atoms with Crippen LogP contribution >= 0.6 is 23.5 Å². The van der Waals surface area contributed by atoms with Gasteiger partial charge in [-0.2, -0.15) is 0 Å². The molecule has 27 heavy (non-hydrogen) atoms. The van der Waals surface area contributed by atoms with Crippen molar-refractivity contribution < 1.29 is 0 Å². The van der Waals surface area contributed by atoms with Gasteiger partial charge in [-0.25, -0.2) is 9.83 Å². The SMILES string of the molecule is [C-]#[N+]c1c(SC)nc(-c2ccc(SC)cc2)n(-c2ccc(C)cc2C)c1=O. The van der Waals surface area contributed by atoms with E-state index in [0.717, 1.165) is 27.3 Å². The van der Waals surface area contributed by atoms with Crippen LogP contribution in [0.5, 0.6) is 0 Å². The summed E-state index contributed by atoms with van der Waals surface area (Å²) in [5, 5.41) is 0.458.